The normalized spacial score (nSPS) is 18.0. The summed E-state index contributed by atoms with van der Waals surface area (Å²) in [5, 5.41) is 0.544. The lowest BCUT2D eigenvalue weighted by Crippen LogP contribution is -2.26. The van der Waals surface area contributed by atoms with Crippen LogP contribution in [0.3, 0.4) is 0 Å². The van der Waals surface area contributed by atoms with E-state index in [1.807, 2.05) is 36.4 Å². The molecule has 0 amide bonds. The molecule has 2 unspecified atom stereocenters. The Morgan fingerprint density at radius 3 is 1.51 bits per heavy atom. The van der Waals surface area contributed by atoms with Gasteiger partial charge < -0.3 is 39.8 Å². The summed E-state index contributed by atoms with van der Waals surface area (Å²) >= 11 is 0. The van der Waals surface area contributed by atoms with Gasteiger partial charge in [0, 0.05) is 83.9 Å². The first-order chi connectivity index (χ1) is 30.7. The summed E-state index contributed by atoms with van der Waals surface area (Å²) in [5.74, 6) is 4.18. The molecule has 0 radical (unpaired) electrons. The maximum Gasteiger partial charge on any atom is 0.259 e. The Bertz CT molecular complexity index is 2730. The van der Waals surface area contributed by atoms with Gasteiger partial charge in [0.05, 0.1) is 36.0 Å². The van der Waals surface area contributed by atoms with Crippen LogP contribution in [0.15, 0.2) is 82.4 Å². The molecule has 14 nitrogen and oxygen atoms in total. The maximum atomic E-state index is 12.7. The molecule has 4 N–H and O–H groups in total. The Balaban J connectivity index is 0.000000157. The molecular weight excluding hydrogens is 799 g/mol. The van der Waals surface area contributed by atoms with Gasteiger partial charge in [-0.1, -0.05) is 19.3 Å². The summed E-state index contributed by atoms with van der Waals surface area (Å²) in [6.07, 6.45) is 12.5. The number of benzene rings is 4. The molecule has 6 aromatic rings. The van der Waals surface area contributed by atoms with Gasteiger partial charge in [0.25, 0.3) is 11.1 Å². The predicted octanol–water partition coefficient (Wildman–Crippen LogP) is 6.97. The van der Waals surface area contributed by atoms with Crippen molar-refractivity contribution in [3.63, 3.8) is 0 Å². The van der Waals surface area contributed by atoms with Crippen LogP contribution in [0.5, 0.6) is 11.5 Å². The van der Waals surface area contributed by atoms with E-state index in [2.05, 4.69) is 41.9 Å². The van der Waals surface area contributed by atoms with Crippen LogP contribution in [0, 0.1) is 17.8 Å². The van der Waals surface area contributed by atoms with Gasteiger partial charge >= 0.3 is 0 Å². The van der Waals surface area contributed by atoms with Crippen molar-refractivity contribution in [2.75, 3.05) is 50.2 Å². The van der Waals surface area contributed by atoms with E-state index >= 15 is 0 Å². The highest BCUT2D eigenvalue weighted by Gasteiger charge is 2.27. The van der Waals surface area contributed by atoms with Gasteiger partial charge in [-0.25, -0.2) is 9.97 Å². The molecule has 4 aromatic carbocycles. The van der Waals surface area contributed by atoms with E-state index in [-0.39, 0.29) is 39.1 Å². The minimum absolute atomic E-state index is 0.213. The van der Waals surface area contributed by atoms with Crippen molar-refractivity contribution in [3.8, 4) is 34.3 Å². The van der Waals surface area contributed by atoms with E-state index in [0.29, 0.717) is 52.7 Å². The molecule has 0 spiro atoms. The van der Waals surface area contributed by atoms with Gasteiger partial charge in [0.1, 0.15) is 29.4 Å². The average molecular weight is 852 g/mol. The largest absolute Gasteiger partial charge is 0.497 e. The molecule has 2 saturated carbocycles. The molecular formula is C49H53N7O7. The van der Waals surface area contributed by atoms with Crippen LogP contribution in [0.25, 0.3) is 44.6 Å². The van der Waals surface area contributed by atoms with Crippen LogP contribution in [0.2, 0.25) is 0 Å². The van der Waals surface area contributed by atoms with Gasteiger partial charge in [-0.2, -0.15) is 0 Å². The Kier molecular flexibility index (Phi) is 13.1. The fraction of sp³-hybridized carbons (Fsp3) is 0.367. The SMILES string of the molecule is COc1cc(C=O)c2c(=O)[nH]c(-c3ccc(N4CCC(CCC5CC5)C4)cc3)nc2c1.COc1cc(C=O)c2c(=O)[nH]c(-c3ccc(N4CCC(N)C4)cc3)nc2c1.O=CC1CC1. The molecule has 326 valence electrons. The van der Waals surface area contributed by atoms with Crippen molar-refractivity contribution in [1.29, 1.82) is 0 Å². The van der Waals surface area contributed by atoms with Crippen molar-refractivity contribution >= 4 is 52.0 Å². The first-order valence-corrected chi connectivity index (χ1v) is 21.7. The maximum absolute atomic E-state index is 12.7. The van der Waals surface area contributed by atoms with Crippen molar-refractivity contribution in [1.82, 2.24) is 19.9 Å². The summed E-state index contributed by atoms with van der Waals surface area (Å²) in [6.45, 7) is 4.03. The number of aromatic amines is 2. The number of anilines is 2. The zero-order chi connectivity index (χ0) is 44.0. The van der Waals surface area contributed by atoms with Gasteiger partial charge in [0.2, 0.25) is 0 Å². The van der Waals surface area contributed by atoms with Crippen molar-refractivity contribution in [2.24, 2.45) is 23.5 Å². The number of nitrogens with two attached hydrogens (primary N) is 1. The van der Waals surface area contributed by atoms with E-state index in [4.69, 9.17) is 15.2 Å². The zero-order valence-corrected chi connectivity index (χ0v) is 35.7. The van der Waals surface area contributed by atoms with Crippen molar-refractivity contribution in [2.45, 2.75) is 57.4 Å². The number of aldehydes is 3. The van der Waals surface area contributed by atoms with Crippen LogP contribution in [-0.2, 0) is 4.79 Å². The minimum atomic E-state index is -0.352. The van der Waals surface area contributed by atoms with Crippen LogP contribution in [0.1, 0.15) is 72.1 Å². The molecule has 2 atom stereocenters. The number of fused-ring (bicyclic) bond motifs is 2. The summed E-state index contributed by atoms with van der Waals surface area (Å²) in [6, 6.07) is 22.7. The Morgan fingerprint density at radius 1 is 0.635 bits per heavy atom. The zero-order valence-electron chi connectivity index (χ0n) is 35.7. The first-order valence-electron chi connectivity index (χ1n) is 21.7. The number of methoxy groups -OCH3 is 2. The number of nitrogens with zero attached hydrogens (tertiary/aromatic N) is 4. The number of nitrogens with one attached hydrogen (secondary N) is 2. The number of hydrogen-bond acceptors (Lipinski definition) is 12. The quantitative estimate of drug-likeness (QED) is 0.107. The smallest absolute Gasteiger partial charge is 0.259 e. The van der Waals surface area contributed by atoms with E-state index in [0.717, 1.165) is 80.4 Å². The van der Waals surface area contributed by atoms with Gasteiger partial charge in [0.15, 0.2) is 12.6 Å². The molecule has 4 aliphatic rings. The molecule has 14 heteroatoms. The number of aromatic nitrogens is 4. The Labute approximate surface area is 364 Å². The number of rotatable bonds is 12. The molecule has 4 fully saturated rings. The predicted molar refractivity (Wildman–Crippen MR) is 245 cm³/mol. The van der Waals surface area contributed by atoms with E-state index < -0.39 is 0 Å². The minimum Gasteiger partial charge on any atom is -0.497 e. The molecule has 63 heavy (non-hydrogen) atoms. The van der Waals surface area contributed by atoms with E-state index in [1.54, 1.807) is 18.2 Å². The lowest BCUT2D eigenvalue weighted by molar-refractivity contribution is -0.108. The monoisotopic (exact) mass is 851 g/mol. The number of ether oxygens (including phenoxy) is 2. The first kappa shape index (κ1) is 43.0. The topological polar surface area (TPSA) is 194 Å². The molecule has 10 rings (SSSR count). The second-order valence-corrected chi connectivity index (χ2v) is 17.0. The Hall–Kier alpha value is -6.67. The lowest BCUT2D eigenvalue weighted by atomic mass is 10.0. The fourth-order valence-electron chi connectivity index (χ4n) is 8.34. The molecule has 2 aliphatic heterocycles. The highest BCUT2D eigenvalue weighted by molar-refractivity contribution is 5.98. The van der Waals surface area contributed by atoms with Crippen LogP contribution in [0.4, 0.5) is 11.4 Å². The highest BCUT2D eigenvalue weighted by atomic mass is 16.5. The molecule has 0 bridgehead atoms. The van der Waals surface area contributed by atoms with Crippen LogP contribution < -0.4 is 36.1 Å². The van der Waals surface area contributed by atoms with E-state index in [9.17, 15) is 24.0 Å². The standard InChI is InChI=1S/C25H27N3O3.C20H20N4O3.C4H6O/c1-31-21-12-19(15-29)23-22(13-21)26-24(27-25(23)30)18-6-8-20(9-7-18)28-11-10-17(14-28)5-4-16-2-3-16;1-27-16-8-13(11-25)18-17(9-16)22-19(23-20(18)26)12-2-4-15(5-3-12)24-7-6-14(21)10-24;5-3-4-1-2-4/h6-9,12-13,15-17H,2-5,10-11,14H2,1H3,(H,26,27,30);2-5,8-9,11,14H,6-7,10,21H2,1H3,(H,22,23,26);3-4H,1-2H2. The third-order valence-corrected chi connectivity index (χ3v) is 12.4. The second-order valence-electron chi connectivity index (χ2n) is 17.0. The molecule has 2 saturated heterocycles. The number of carbonyl (C=O) groups is 3. The number of carbonyl (C=O) groups excluding carboxylic acids is 3. The third kappa shape index (κ3) is 10.2. The average Bonchev–Trinajstić information content (AvgIpc) is 4.25. The lowest BCUT2D eigenvalue weighted by Gasteiger charge is -2.19. The third-order valence-electron chi connectivity index (χ3n) is 12.4. The summed E-state index contributed by atoms with van der Waals surface area (Å²) in [4.78, 5) is 77.0. The fourth-order valence-corrected chi connectivity index (χ4v) is 8.34. The number of H-pyrrole nitrogens is 2. The molecule has 2 aromatic heterocycles. The summed E-state index contributed by atoms with van der Waals surface area (Å²) in [5.41, 5.74) is 10.6. The number of hydrogen-bond donors (Lipinski definition) is 3. The molecule has 2 aliphatic carbocycles. The van der Waals surface area contributed by atoms with Crippen molar-refractivity contribution < 1.29 is 23.9 Å². The van der Waals surface area contributed by atoms with Crippen LogP contribution in [-0.4, -0.2) is 85.2 Å². The van der Waals surface area contributed by atoms with Crippen molar-refractivity contribution in [3.05, 3.63) is 105 Å². The summed E-state index contributed by atoms with van der Waals surface area (Å²) < 4.78 is 10.5. The van der Waals surface area contributed by atoms with Gasteiger partial charge in [-0.05, 0) is 105 Å². The van der Waals surface area contributed by atoms with Gasteiger partial charge in [-0.15, -0.1) is 0 Å². The van der Waals surface area contributed by atoms with Crippen LogP contribution >= 0.6 is 0 Å². The molecule has 4 heterocycles. The van der Waals surface area contributed by atoms with Gasteiger partial charge in [-0.3, -0.25) is 19.2 Å². The highest BCUT2D eigenvalue weighted by Crippen LogP contribution is 2.37. The summed E-state index contributed by atoms with van der Waals surface area (Å²) in [7, 11) is 3.03. The second kappa shape index (κ2) is 19.2. The van der Waals surface area contributed by atoms with E-state index in [1.165, 1.54) is 58.1 Å². The Morgan fingerprint density at radius 2 is 1.11 bits per heavy atom.